The van der Waals surface area contributed by atoms with Crippen LogP contribution >= 0.6 is 15.9 Å². The van der Waals surface area contributed by atoms with Crippen LogP contribution in [0.4, 0.5) is 0 Å². The van der Waals surface area contributed by atoms with Crippen molar-refractivity contribution in [3.05, 3.63) is 27.7 Å². The number of rotatable bonds is 2. The largest absolute Gasteiger partial charge is 0.495 e. The number of halogens is 1. The number of ether oxygens (including phenoxy) is 1. The molecule has 2 rings (SSSR count). The minimum atomic E-state index is 0.632. The highest BCUT2D eigenvalue weighted by Gasteiger charge is 2.20. The highest BCUT2D eigenvalue weighted by molar-refractivity contribution is 9.10. The van der Waals surface area contributed by atoms with Gasteiger partial charge in [-0.1, -0.05) is 12.1 Å². The Kier molecular flexibility index (Phi) is 3.87. The fourth-order valence-corrected chi connectivity index (χ4v) is 2.85. The average molecular weight is 284 g/mol. The molecular weight excluding hydrogens is 266 g/mol. The molecule has 0 aliphatic carbocycles. The van der Waals surface area contributed by atoms with Crippen molar-refractivity contribution in [2.75, 3.05) is 20.2 Å². The van der Waals surface area contributed by atoms with Crippen LogP contribution < -0.4 is 10.1 Å². The van der Waals surface area contributed by atoms with Crippen LogP contribution in [0, 0.1) is 6.92 Å². The van der Waals surface area contributed by atoms with E-state index in [1.807, 2.05) is 0 Å². The Bertz CT molecular complexity index is 372. The quantitative estimate of drug-likeness (QED) is 0.900. The Morgan fingerprint density at radius 2 is 2.00 bits per heavy atom. The summed E-state index contributed by atoms with van der Waals surface area (Å²) in [5.41, 5.74) is 2.58. The molecule has 1 aromatic carbocycles. The van der Waals surface area contributed by atoms with Gasteiger partial charge in [-0.2, -0.15) is 0 Å². The van der Waals surface area contributed by atoms with Crippen molar-refractivity contribution in [3.8, 4) is 5.75 Å². The molecule has 1 heterocycles. The van der Waals surface area contributed by atoms with Crippen LogP contribution in [0.5, 0.6) is 5.75 Å². The summed E-state index contributed by atoms with van der Waals surface area (Å²) >= 11 is 3.62. The van der Waals surface area contributed by atoms with Gasteiger partial charge in [0.2, 0.25) is 0 Å². The van der Waals surface area contributed by atoms with Crippen molar-refractivity contribution >= 4 is 15.9 Å². The first-order valence-corrected chi connectivity index (χ1v) is 6.57. The van der Waals surface area contributed by atoms with Crippen molar-refractivity contribution in [3.63, 3.8) is 0 Å². The van der Waals surface area contributed by atoms with E-state index in [1.165, 1.54) is 24.0 Å². The molecular formula is C13H18BrNO. The summed E-state index contributed by atoms with van der Waals surface area (Å²) < 4.78 is 6.65. The Labute approximate surface area is 106 Å². The molecule has 1 N–H and O–H groups in total. The summed E-state index contributed by atoms with van der Waals surface area (Å²) in [5.74, 6) is 1.65. The second-order valence-electron chi connectivity index (χ2n) is 4.34. The van der Waals surface area contributed by atoms with Gasteiger partial charge in [0.15, 0.2) is 0 Å². The minimum Gasteiger partial charge on any atom is -0.495 e. The van der Waals surface area contributed by atoms with E-state index >= 15 is 0 Å². The summed E-state index contributed by atoms with van der Waals surface area (Å²) in [6.45, 7) is 4.32. The maximum atomic E-state index is 5.54. The molecule has 0 spiro atoms. The van der Waals surface area contributed by atoms with Gasteiger partial charge in [-0.05, 0) is 65.8 Å². The van der Waals surface area contributed by atoms with Crippen molar-refractivity contribution in [2.24, 2.45) is 0 Å². The van der Waals surface area contributed by atoms with E-state index in [0.29, 0.717) is 5.92 Å². The van der Waals surface area contributed by atoms with Gasteiger partial charge in [-0.15, -0.1) is 0 Å². The monoisotopic (exact) mass is 283 g/mol. The van der Waals surface area contributed by atoms with E-state index in [9.17, 15) is 0 Å². The topological polar surface area (TPSA) is 21.3 Å². The van der Waals surface area contributed by atoms with Gasteiger partial charge >= 0.3 is 0 Å². The first kappa shape index (κ1) is 11.9. The Hall–Kier alpha value is -0.540. The minimum absolute atomic E-state index is 0.632. The van der Waals surface area contributed by atoms with Gasteiger partial charge in [0, 0.05) is 0 Å². The summed E-state index contributed by atoms with van der Waals surface area (Å²) in [4.78, 5) is 0. The molecule has 1 fully saturated rings. The third-order valence-electron chi connectivity index (χ3n) is 3.30. The maximum absolute atomic E-state index is 5.54. The zero-order chi connectivity index (χ0) is 11.5. The SMILES string of the molecule is COc1c(C2CCNCC2)ccc(C)c1Br. The molecule has 1 aliphatic heterocycles. The summed E-state index contributed by atoms with van der Waals surface area (Å²) in [7, 11) is 1.75. The fourth-order valence-electron chi connectivity index (χ4n) is 2.33. The number of nitrogens with one attached hydrogen (secondary N) is 1. The van der Waals surface area contributed by atoms with E-state index < -0.39 is 0 Å². The van der Waals surface area contributed by atoms with Gasteiger partial charge in [-0.25, -0.2) is 0 Å². The Morgan fingerprint density at radius 1 is 1.31 bits per heavy atom. The lowest BCUT2D eigenvalue weighted by Crippen LogP contribution is -2.26. The van der Waals surface area contributed by atoms with Crippen molar-refractivity contribution in [1.82, 2.24) is 5.32 Å². The zero-order valence-electron chi connectivity index (χ0n) is 9.85. The number of hydrogen-bond donors (Lipinski definition) is 1. The van der Waals surface area contributed by atoms with E-state index in [4.69, 9.17) is 4.74 Å². The molecule has 1 aliphatic rings. The van der Waals surface area contributed by atoms with Crippen LogP contribution in [0.15, 0.2) is 16.6 Å². The first-order valence-electron chi connectivity index (χ1n) is 5.77. The summed E-state index contributed by atoms with van der Waals surface area (Å²) in [6, 6.07) is 4.39. The second kappa shape index (κ2) is 5.19. The number of hydrogen-bond acceptors (Lipinski definition) is 2. The maximum Gasteiger partial charge on any atom is 0.136 e. The molecule has 0 atom stereocenters. The lowest BCUT2D eigenvalue weighted by molar-refractivity contribution is 0.389. The van der Waals surface area contributed by atoms with E-state index in [-0.39, 0.29) is 0 Å². The predicted molar refractivity (Wildman–Crippen MR) is 70.3 cm³/mol. The Morgan fingerprint density at radius 3 is 2.62 bits per heavy atom. The highest BCUT2D eigenvalue weighted by Crippen LogP contribution is 2.39. The molecule has 1 aromatic rings. The van der Waals surface area contributed by atoms with E-state index in [1.54, 1.807) is 7.11 Å². The van der Waals surface area contributed by atoms with Crippen LogP contribution in [0.3, 0.4) is 0 Å². The summed E-state index contributed by atoms with van der Waals surface area (Å²) in [6.07, 6.45) is 2.40. The van der Waals surface area contributed by atoms with E-state index in [2.05, 4.69) is 40.3 Å². The van der Waals surface area contributed by atoms with Crippen molar-refractivity contribution in [2.45, 2.75) is 25.7 Å². The lowest BCUT2D eigenvalue weighted by Gasteiger charge is -2.25. The number of piperidine rings is 1. The third kappa shape index (κ3) is 2.25. The molecule has 1 saturated heterocycles. The van der Waals surface area contributed by atoms with Crippen LogP contribution in [-0.4, -0.2) is 20.2 Å². The van der Waals surface area contributed by atoms with Gasteiger partial charge in [0.1, 0.15) is 5.75 Å². The van der Waals surface area contributed by atoms with Gasteiger partial charge < -0.3 is 10.1 Å². The molecule has 0 bridgehead atoms. The average Bonchev–Trinajstić information content (AvgIpc) is 2.33. The Balaban J connectivity index is 2.35. The smallest absolute Gasteiger partial charge is 0.136 e. The zero-order valence-corrected chi connectivity index (χ0v) is 11.4. The predicted octanol–water partition coefficient (Wildman–Crippen LogP) is 3.23. The molecule has 0 saturated carbocycles. The van der Waals surface area contributed by atoms with Crippen LogP contribution in [0.2, 0.25) is 0 Å². The molecule has 88 valence electrons. The molecule has 0 aromatic heterocycles. The first-order chi connectivity index (χ1) is 7.74. The molecule has 0 unspecified atom stereocenters. The molecule has 0 radical (unpaired) electrons. The molecule has 2 nitrogen and oxygen atoms in total. The van der Waals surface area contributed by atoms with Crippen LogP contribution in [-0.2, 0) is 0 Å². The third-order valence-corrected chi connectivity index (χ3v) is 4.29. The summed E-state index contributed by atoms with van der Waals surface area (Å²) in [5, 5.41) is 3.40. The van der Waals surface area contributed by atoms with Crippen LogP contribution in [0.1, 0.15) is 29.9 Å². The van der Waals surface area contributed by atoms with Crippen LogP contribution in [0.25, 0.3) is 0 Å². The van der Waals surface area contributed by atoms with E-state index in [0.717, 1.165) is 23.3 Å². The molecule has 16 heavy (non-hydrogen) atoms. The number of methoxy groups -OCH3 is 1. The highest BCUT2D eigenvalue weighted by atomic mass is 79.9. The van der Waals surface area contributed by atoms with Gasteiger partial charge in [0.25, 0.3) is 0 Å². The fraction of sp³-hybridized carbons (Fsp3) is 0.538. The molecule has 3 heteroatoms. The normalized spacial score (nSPS) is 17.4. The molecule has 0 amide bonds. The van der Waals surface area contributed by atoms with Crippen molar-refractivity contribution < 1.29 is 4.74 Å². The number of aryl methyl sites for hydroxylation is 1. The standard InChI is InChI=1S/C13H18BrNO/c1-9-3-4-11(13(16-2)12(9)14)10-5-7-15-8-6-10/h3-4,10,15H,5-8H2,1-2H3. The van der Waals surface area contributed by atoms with Crippen molar-refractivity contribution in [1.29, 1.82) is 0 Å². The van der Waals surface area contributed by atoms with Gasteiger partial charge in [-0.3, -0.25) is 0 Å². The lowest BCUT2D eigenvalue weighted by atomic mass is 9.89. The second-order valence-corrected chi connectivity index (χ2v) is 5.14. The number of benzene rings is 1. The van der Waals surface area contributed by atoms with Gasteiger partial charge in [0.05, 0.1) is 11.6 Å².